The Hall–Kier alpha value is -2.14. The third kappa shape index (κ3) is 4.43. The Morgan fingerprint density at radius 2 is 1.86 bits per heavy atom. The van der Waals surface area contributed by atoms with Crippen molar-refractivity contribution in [2.24, 2.45) is 0 Å². The van der Waals surface area contributed by atoms with Crippen LogP contribution in [-0.2, 0) is 11.2 Å². The van der Waals surface area contributed by atoms with E-state index in [1.54, 1.807) is 12.4 Å². The SMILES string of the molecule is COC(=O)NC(C)Cc1ccc(-c2cnc(Cl)nc2)cc1. The largest absolute Gasteiger partial charge is 0.453 e. The van der Waals surface area contributed by atoms with Crippen LogP contribution in [0.1, 0.15) is 12.5 Å². The summed E-state index contributed by atoms with van der Waals surface area (Å²) in [6.07, 6.45) is 3.68. The second-order valence-electron chi connectivity index (χ2n) is 4.68. The number of alkyl carbamates (subject to hydrolysis) is 1. The van der Waals surface area contributed by atoms with Gasteiger partial charge in [-0.1, -0.05) is 24.3 Å². The smallest absolute Gasteiger partial charge is 0.407 e. The molecule has 0 saturated carbocycles. The molecule has 2 aromatic rings. The predicted molar refractivity (Wildman–Crippen MR) is 81.2 cm³/mol. The van der Waals surface area contributed by atoms with Crippen molar-refractivity contribution in [2.45, 2.75) is 19.4 Å². The minimum Gasteiger partial charge on any atom is -0.453 e. The lowest BCUT2D eigenvalue weighted by Crippen LogP contribution is -2.33. The van der Waals surface area contributed by atoms with Crippen LogP contribution in [0.15, 0.2) is 36.7 Å². The minimum atomic E-state index is -0.419. The molecule has 0 spiro atoms. The molecule has 6 heteroatoms. The third-order valence-electron chi connectivity index (χ3n) is 3.00. The maximum Gasteiger partial charge on any atom is 0.407 e. The predicted octanol–water partition coefficient (Wildman–Crippen LogP) is 3.08. The molecule has 1 heterocycles. The van der Waals surface area contributed by atoms with Crippen LogP contribution in [0.25, 0.3) is 11.1 Å². The van der Waals surface area contributed by atoms with Crippen molar-refractivity contribution in [1.82, 2.24) is 15.3 Å². The van der Waals surface area contributed by atoms with Crippen molar-refractivity contribution in [2.75, 3.05) is 7.11 Å². The van der Waals surface area contributed by atoms with Gasteiger partial charge in [-0.15, -0.1) is 0 Å². The first-order valence-electron chi connectivity index (χ1n) is 6.50. The number of benzene rings is 1. The van der Waals surface area contributed by atoms with Crippen LogP contribution < -0.4 is 5.32 Å². The van der Waals surface area contributed by atoms with Crippen molar-refractivity contribution in [3.05, 3.63) is 47.5 Å². The number of rotatable bonds is 4. The third-order valence-corrected chi connectivity index (χ3v) is 3.19. The molecule has 0 saturated heterocycles. The molecule has 0 bridgehead atoms. The van der Waals surface area contributed by atoms with Gasteiger partial charge in [0.1, 0.15) is 0 Å². The van der Waals surface area contributed by atoms with Crippen LogP contribution in [0.3, 0.4) is 0 Å². The van der Waals surface area contributed by atoms with Crippen molar-refractivity contribution in [3.8, 4) is 11.1 Å². The van der Waals surface area contributed by atoms with E-state index in [9.17, 15) is 4.79 Å². The van der Waals surface area contributed by atoms with Crippen molar-refractivity contribution < 1.29 is 9.53 Å². The van der Waals surface area contributed by atoms with Crippen LogP contribution in [0, 0.1) is 0 Å². The Balaban J connectivity index is 2.02. The Morgan fingerprint density at radius 1 is 1.24 bits per heavy atom. The highest BCUT2D eigenvalue weighted by atomic mass is 35.5. The Morgan fingerprint density at radius 3 is 2.43 bits per heavy atom. The van der Waals surface area contributed by atoms with Gasteiger partial charge in [0.05, 0.1) is 7.11 Å². The number of ether oxygens (including phenoxy) is 1. The van der Waals surface area contributed by atoms with Gasteiger partial charge in [0.25, 0.3) is 0 Å². The first kappa shape index (κ1) is 15.3. The number of carbonyl (C=O) groups excluding carboxylic acids is 1. The monoisotopic (exact) mass is 305 g/mol. The number of methoxy groups -OCH3 is 1. The van der Waals surface area contributed by atoms with E-state index in [4.69, 9.17) is 11.6 Å². The van der Waals surface area contributed by atoms with E-state index in [1.165, 1.54) is 7.11 Å². The molecule has 2 rings (SSSR count). The lowest BCUT2D eigenvalue weighted by atomic mass is 10.0. The number of carbonyl (C=O) groups is 1. The second-order valence-corrected chi connectivity index (χ2v) is 5.02. The zero-order valence-corrected chi connectivity index (χ0v) is 12.6. The fourth-order valence-corrected chi connectivity index (χ4v) is 2.06. The summed E-state index contributed by atoms with van der Waals surface area (Å²) in [5, 5.41) is 2.97. The molecule has 1 atom stereocenters. The summed E-state index contributed by atoms with van der Waals surface area (Å²) >= 11 is 5.67. The second kappa shape index (κ2) is 7.04. The van der Waals surface area contributed by atoms with Crippen molar-refractivity contribution in [1.29, 1.82) is 0 Å². The van der Waals surface area contributed by atoms with E-state index < -0.39 is 6.09 Å². The molecule has 1 amide bonds. The number of halogens is 1. The van der Waals surface area contributed by atoms with Crippen LogP contribution in [0.5, 0.6) is 0 Å². The molecule has 1 N–H and O–H groups in total. The van der Waals surface area contributed by atoms with Gasteiger partial charge in [-0.2, -0.15) is 0 Å². The number of amides is 1. The topological polar surface area (TPSA) is 64.1 Å². The molecule has 21 heavy (non-hydrogen) atoms. The normalized spacial score (nSPS) is 11.8. The van der Waals surface area contributed by atoms with Crippen LogP contribution in [-0.4, -0.2) is 29.2 Å². The first-order valence-corrected chi connectivity index (χ1v) is 6.87. The van der Waals surface area contributed by atoms with E-state index in [-0.39, 0.29) is 11.3 Å². The van der Waals surface area contributed by atoms with Crippen LogP contribution in [0.4, 0.5) is 4.79 Å². The molecular formula is C15H16ClN3O2. The van der Waals surface area contributed by atoms with Gasteiger partial charge >= 0.3 is 6.09 Å². The average Bonchev–Trinajstić information content (AvgIpc) is 2.48. The van der Waals surface area contributed by atoms with E-state index in [1.807, 2.05) is 31.2 Å². The minimum absolute atomic E-state index is 0.00200. The molecule has 0 aliphatic heterocycles. The van der Waals surface area contributed by atoms with Gasteiger partial charge in [0, 0.05) is 24.0 Å². The summed E-state index contributed by atoms with van der Waals surface area (Å²) in [6, 6.07) is 8.01. The van der Waals surface area contributed by atoms with Gasteiger partial charge in [0.2, 0.25) is 5.28 Å². The zero-order valence-electron chi connectivity index (χ0n) is 11.8. The highest BCUT2D eigenvalue weighted by Gasteiger charge is 2.08. The Labute approximate surface area is 128 Å². The fourth-order valence-electron chi connectivity index (χ4n) is 1.96. The molecule has 110 valence electrons. The van der Waals surface area contributed by atoms with Gasteiger partial charge in [0.15, 0.2) is 0 Å². The van der Waals surface area contributed by atoms with Crippen molar-refractivity contribution >= 4 is 17.7 Å². The summed E-state index contributed by atoms with van der Waals surface area (Å²) in [6.45, 7) is 1.93. The highest BCUT2D eigenvalue weighted by molar-refractivity contribution is 6.28. The van der Waals surface area contributed by atoms with E-state index in [0.717, 1.165) is 23.1 Å². The van der Waals surface area contributed by atoms with Gasteiger partial charge in [-0.3, -0.25) is 0 Å². The molecule has 1 aromatic heterocycles. The maximum atomic E-state index is 11.1. The number of aromatic nitrogens is 2. The first-order chi connectivity index (χ1) is 10.1. The maximum absolute atomic E-state index is 11.1. The highest BCUT2D eigenvalue weighted by Crippen LogP contribution is 2.19. The fraction of sp³-hybridized carbons (Fsp3) is 0.267. The number of hydrogen-bond acceptors (Lipinski definition) is 4. The standard InChI is InChI=1S/C15H16ClN3O2/c1-10(19-15(20)21-2)7-11-3-5-12(6-4-11)13-8-17-14(16)18-9-13/h3-6,8-10H,7H2,1-2H3,(H,19,20). The Bertz CT molecular complexity index is 599. The summed E-state index contributed by atoms with van der Waals surface area (Å²) in [5.41, 5.74) is 3.05. The van der Waals surface area contributed by atoms with Gasteiger partial charge < -0.3 is 10.1 Å². The van der Waals surface area contributed by atoms with Gasteiger partial charge in [-0.05, 0) is 36.1 Å². The Kier molecular flexibility index (Phi) is 5.11. The summed E-state index contributed by atoms with van der Waals surface area (Å²) < 4.78 is 4.57. The number of nitrogens with one attached hydrogen (secondary N) is 1. The molecule has 1 unspecified atom stereocenters. The molecule has 5 nitrogen and oxygen atoms in total. The lowest BCUT2D eigenvalue weighted by molar-refractivity contribution is 0.167. The molecule has 0 aliphatic carbocycles. The summed E-state index contributed by atoms with van der Waals surface area (Å²) in [4.78, 5) is 19.0. The van der Waals surface area contributed by atoms with Crippen LogP contribution >= 0.6 is 11.6 Å². The quantitative estimate of drug-likeness (QED) is 0.882. The molecule has 1 aromatic carbocycles. The summed E-state index contributed by atoms with van der Waals surface area (Å²) in [7, 11) is 1.35. The van der Waals surface area contributed by atoms with E-state index in [0.29, 0.717) is 0 Å². The molecule has 0 fully saturated rings. The lowest BCUT2D eigenvalue weighted by Gasteiger charge is -2.13. The van der Waals surface area contributed by atoms with Crippen LogP contribution in [0.2, 0.25) is 5.28 Å². The molecule has 0 radical (unpaired) electrons. The van der Waals surface area contributed by atoms with E-state index in [2.05, 4.69) is 20.0 Å². The van der Waals surface area contributed by atoms with Crippen molar-refractivity contribution in [3.63, 3.8) is 0 Å². The molecular weight excluding hydrogens is 290 g/mol. The number of hydrogen-bond donors (Lipinski definition) is 1. The average molecular weight is 306 g/mol. The molecule has 0 aliphatic rings. The number of nitrogens with zero attached hydrogens (tertiary/aromatic N) is 2. The summed E-state index contributed by atoms with van der Waals surface area (Å²) in [5.74, 6) is 0. The van der Waals surface area contributed by atoms with Gasteiger partial charge in [-0.25, -0.2) is 14.8 Å². The zero-order chi connectivity index (χ0) is 15.2. The van der Waals surface area contributed by atoms with E-state index >= 15 is 0 Å².